The number of ether oxygens (including phenoxy) is 1. The average Bonchev–Trinajstić information content (AvgIpc) is 3.07. The van der Waals surface area contributed by atoms with E-state index in [0.29, 0.717) is 27.7 Å². The Morgan fingerprint density at radius 3 is 2.81 bits per heavy atom. The van der Waals surface area contributed by atoms with Crippen molar-refractivity contribution in [2.24, 2.45) is 5.92 Å². The molecule has 0 aliphatic heterocycles. The minimum Gasteiger partial charge on any atom is -0.496 e. The van der Waals surface area contributed by atoms with Gasteiger partial charge < -0.3 is 10.1 Å². The van der Waals surface area contributed by atoms with Gasteiger partial charge in [0, 0.05) is 11.1 Å². The van der Waals surface area contributed by atoms with Crippen LogP contribution in [0.5, 0.6) is 5.75 Å². The number of H-pyrrole nitrogens is 1. The fraction of sp³-hybridized carbons (Fsp3) is 0.500. The van der Waals surface area contributed by atoms with E-state index >= 15 is 0 Å². The molecule has 1 atom stereocenters. The Labute approximate surface area is 163 Å². The molecule has 2 rings (SSSR count). The van der Waals surface area contributed by atoms with E-state index in [1.807, 2.05) is 6.92 Å². The van der Waals surface area contributed by atoms with E-state index in [4.69, 9.17) is 16.3 Å². The first kappa shape index (κ1) is 20.6. The number of hydrogen-bond donors (Lipinski definition) is 2. The quantitative estimate of drug-likeness (QED) is 0.622. The van der Waals surface area contributed by atoms with Crippen molar-refractivity contribution in [3.05, 3.63) is 23.2 Å². The van der Waals surface area contributed by atoms with Gasteiger partial charge in [-0.25, -0.2) is 4.98 Å². The zero-order chi connectivity index (χ0) is 19.1. The van der Waals surface area contributed by atoms with Gasteiger partial charge in [0.15, 0.2) is 5.82 Å². The normalized spacial score (nSPS) is 12.2. The van der Waals surface area contributed by atoms with Gasteiger partial charge in [0.1, 0.15) is 5.75 Å². The highest BCUT2D eigenvalue weighted by Crippen LogP contribution is 2.31. The molecule has 2 aromatic rings. The number of benzene rings is 1. The number of nitrogens with one attached hydrogen (secondary N) is 2. The summed E-state index contributed by atoms with van der Waals surface area (Å²) in [5.41, 5.74) is 0.728. The number of amides is 1. The molecule has 0 aliphatic carbocycles. The average molecular weight is 397 g/mol. The molecule has 6 nitrogen and oxygen atoms in total. The first-order valence-corrected chi connectivity index (χ1v) is 9.94. The molecule has 0 saturated heterocycles. The predicted molar refractivity (Wildman–Crippen MR) is 106 cm³/mol. The number of aromatic amines is 1. The summed E-state index contributed by atoms with van der Waals surface area (Å²) in [4.78, 5) is 16.5. The Bertz CT molecular complexity index is 736. The van der Waals surface area contributed by atoms with E-state index in [1.165, 1.54) is 11.8 Å². The number of carbonyl (C=O) groups is 1. The van der Waals surface area contributed by atoms with Gasteiger partial charge in [0.2, 0.25) is 11.1 Å². The Morgan fingerprint density at radius 2 is 2.12 bits per heavy atom. The standard InChI is InChI=1S/C18H25ClN4O2S/c1-11(2)5-6-12(3)20-16(24)10-26-18-21-17(22-23-18)14-9-13(19)7-8-15(14)25-4/h7-9,11-12H,5-6,10H2,1-4H3,(H,20,24)(H,21,22,23)/t12-/m0/s1. The Hall–Kier alpha value is -1.73. The summed E-state index contributed by atoms with van der Waals surface area (Å²) >= 11 is 7.34. The summed E-state index contributed by atoms with van der Waals surface area (Å²) < 4.78 is 5.33. The van der Waals surface area contributed by atoms with Crippen LogP contribution < -0.4 is 10.1 Å². The van der Waals surface area contributed by atoms with Crippen LogP contribution in [0, 0.1) is 5.92 Å². The van der Waals surface area contributed by atoms with E-state index in [0.717, 1.165) is 18.4 Å². The topological polar surface area (TPSA) is 79.9 Å². The second-order valence-electron chi connectivity index (χ2n) is 6.54. The van der Waals surface area contributed by atoms with Gasteiger partial charge in [-0.1, -0.05) is 37.2 Å². The number of halogens is 1. The second kappa shape index (κ2) is 9.83. The molecule has 0 unspecified atom stereocenters. The minimum absolute atomic E-state index is 0.0158. The van der Waals surface area contributed by atoms with Crippen LogP contribution in [0.2, 0.25) is 5.02 Å². The lowest BCUT2D eigenvalue weighted by atomic mass is 10.0. The molecule has 1 aromatic carbocycles. The van der Waals surface area contributed by atoms with Crippen molar-refractivity contribution in [2.75, 3.05) is 12.9 Å². The summed E-state index contributed by atoms with van der Waals surface area (Å²) in [6.07, 6.45) is 2.08. The van der Waals surface area contributed by atoms with Crippen LogP contribution in [0.15, 0.2) is 23.4 Å². The lowest BCUT2D eigenvalue weighted by Gasteiger charge is -2.14. The fourth-order valence-corrected chi connectivity index (χ4v) is 3.18. The molecule has 0 fully saturated rings. The van der Waals surface area contributed by atoms with Gasteiger partial charge in [-0.15, -0.1) is 5.10 Å². The number of aromatic nitrogens is 3. The van der Waals surface area contributed by atoms with Crippen LogP contribution in [-0.2, 0) is 4.79 Å². The van der Waals surface area contributed by atoms with Crippen molar-refractivity contribution in [2.45, 2.75) is 44.8 Å². The molecule has 0 aliphatic rings. The van der Waals surface area contributed by atoms with E-state index in [-0.39, 0.29) is 17.7 Å². The van der Waals surface area contributed by atoms with E-state index in [1.54, 1.807) is 25.3 Å². The summed E-state index contributed by atoms with van der Waals surface area (Å²) in [5, 5.41) is 11.1. The van der Waals surface area contributed by atoms with E-state index in [2.05, 4.69) is 34.3 Å². The number of methoxy groups -OCH3 is 1. The SMILES string of the molecule is COc1ccc(Cl)cc1-c1nc(SCC(=O)N[C@@H](C)CCC(C)C)n[nH]1. The first-order valence-electron chi connectivity index (χ1n) is 8.57. The Morgan fingerprint density at radius 1 is 1.35 bits per heavy atom. The molecule has 0 bridgehead atoms. The van der Waals surface area contributed by atoms with Gasteiger partial charge in [0.25, 0.3) is 0 Å². The van der Waals surface area contributed by atoms with Crippen molar-refractivity contribution in [1.29, 1.82) is 0 Å². The third kappa shape index (κ3) is 6.21. The molecular formula is C18H25ClN4O2S. The van der Waals surface area contributed by atoms with Crippen LogP contribution >= 0.6 is 23.4 Å². The predicted octanol–water partition coefficient (Wildman–Crippen LogP) is 4.17. The number of carbonyl (C=O) groups excluding carboxylic acids is 1. The molecule has 0 spiro atoms. The van der Waals surface area contributed by atoms with Gasteiger partial charge in [-0.3, -0.25) is 9.89 Å². The molecule has 1 amide bonds. The number of hydrogen-bond acceptors (Lipinski definition) is 5. The molecule has 2 N–H and O–H groups in total. The molecule has 1 aromatic heterocycles. The highest BCUT2D eigenvalue weighted by Gasteiger charge is 2.14. The summed E-state index contributed by atoms with van der Waals surface area (Å²) in [6.45, 7) is 6.39. The molecule has 0 radical (unpaired) electrons. The van der Waals surface area contributed by atoms with Crippen molar-refractivity contribution in [3.8, 4) is 17.1 Å². The summed E-state index contributed by atoms with van der Waals surface area (Å²) in [7, 11) is 1.59. The van der Waals surface area contributed by atoms with E-state index in [9.17, 15) is 4.79 Å². The number of rotatable bonds is 9. The largest absolute Gasteiger partial charge is 0.496 e. The van der Waals surface area contributed by atoms with Gasteiger partial charge in [-0.05, 0) is 43.9 Å². The number of thioether (sulfide) groups is 1. The molecule has 1 heterocycles. The van der Waals surface area contributed by atoms with Crippen molar-refractivity contribution >= 4 is 29.3 Å². The Balaban J connectivity index is 1.91. The zero-order valence-electron chi connectivity index (χ0n) is 15.5. The maximum absolute atomic E-state index is 12.1. The smallest absolute Gasteiger partial charge is 0.230 e. The molecule has 0 saturated carbocycles. The van der Waals surface area contributed by atoms with Crippen molar-refractivity contribution < 1.29 is 9.53 Å². The van der Waals surface area contributed by atoms with E-state index < -0.39 is 0 Å². The molecular weight excluding hydrogens is 372 g/mol. The first-order chi connectivity index (χ1) is 12.4. The lowest BCUT2D eigenvalue weighted by molar-refractivity contribution is -0.119. The summed E-state index contributed by atoms with van der Waals surface area (Å²) in [6, 6.07) is 5.46. The third-order valence-corrected chi connectivity index (χ3v) is 4.88. The second-order valence-corrected chi connectivity index (χ2v) is 7.92. The summed E-state index contributed by atoms with van der Waals surface area (Å²) in [5.74, 6) is 2.10. The van der Waals surface area contributed by atoms with Crippen molar-refractivity contribution in [3.63, 3.8) is 0 Å². The lowest BCUT2D eigenvalue weighted by Crippen LogP contribution is -2.34. The number of nitrogens with zero attached hydrogens (tertiary/aromatic N) is 2. The zero-order valence-corrected chi connectivity index (χ0v) is 17.1. The maximum Gasteiger partial charge on any atom is 0.230 e. The highest BCUT2D eigenvalue weighted by atomic mass is 35.5. The maximum atomic E-state index is 12.1. The van der Waals surface area contributed by atoms with Crippen LogP contribution in [0.4, 0.5) is 0 Å². The van der Waals surface area contributed by atoms with Gasteiger partial charge in [-0.2, -0.15) is 0 Å². The van der Waals surface area contributed by atoms with Gasteiger partial charge in [0.05, 0.1) is 18.4 Å². The third-order valence-electron chi connectivity index (χ3n) is 3.80. The van der Waals surface area contributed by atoms with Gasteiger partial charge >= 0.3 is 0 Å². The fourth-order valence-electron chi connectivity index (χ4n) is 2.40. The molecule has 8 heteroatoms. The Kier molecular flexibility index (Phi) is 7.78. The molecule has 142 valence electrons. The van der Waals surface area contributed by atoms with Crippen molar-refractivity contribution in [1.82, 2.24) is 20.5 Å². The van der Waals surface area contributed by atoms with Crippen LogP contribution in [-0.4, -0.2) is 40.0 Å². The highest BCUT2D eigenvalue weighted by molar-refractivity contribution is 7.99. The minimum atomic E-state index is -0.0158. The van der Waals surface area contributed by atoms with Crippen LogP contribution in [0.1, 0.15) is 33.6 Å². The molecule has 26 heavy (non-hydrogen) atoms. The van der Waals surface area contributed by atoms with Crippen LogP contribution in [0.25, 0.3) is 11.4 Å². The van der Waals surface area contributed by atoms with Crippen LogP contribution in [0.3, 0.4) is 0 Å². The monoisotopic (exact) mass is 396 g/mol.